The second-order valence-electron chi connectivity index (χ2n) is 5.76. The summed E-state index contributed by atoms with van der Waals surface area (Å²) >= 11 is 4.59. The summed E-state index contributed by atoms with van der Waals surface area (Å²) in [6.45, 7) is 6.24. The van der Waals surface area contributed by atoms with Crippen molar-refractivity contribution >= 4 is 27.5 Å². The molecule has 3 nitrogen and oxygen atoms in total. The fraction of sp³-hybridized carbons (Fsp3) is 0.429. The minimum atomic E-state index is -0.270. The lowest BCUT2D eigenvalue weighted by molar-refractivity contribution is 0.549. The minimum absolute atomic E-state index is 0.0981. The van der Waals surface area contributed by atoms with Gasteiger partial charge < -0.3 is 5.73 Å². The Labute approximate surface area is 130 Å². The number of nitrogens with zero attached hydrogens (tertiary/aromatic N) is 2. The summed E-state index contributed by atoms with van der Waals surface area (Å²) < 4.78 is 18.0. The van der Waals surface area contributed by atoms with Crippen LogP contribution in [0.25, 0.3) is 0 Å². The van der Waals surface area contributed by atoms with Crippen LogP contribution in [-0.2, 0) is 11.8 Å². The third-order valence-electron chi connectivity index (χ3n) is 3.03. The lowest BCUT2D eigenvalue weighted by Gasteiger charge is -2.19. The van der Waals surface area contributed by atoms with Gasteiger partial charge in [0.25, 0.3) is 0 Å². The maximum atomic E-state index is 13.5. The molecule has 2 rings (SSSR count). The number of benzene rings is 1. The molecule has 0 saturated heterocycles. The fourth-order valence-corrected chi connectivity index (χ4v) is 3.29. The first-order valence-electron chi connectivity index (χ1n) is 6.32. The zero-order valence-corrected chi connectivity index (χ0v) is 14.1. The molecule has 0 amide bonds. The number of hydrogen-bond donors (Lipinski definition) is 1. The first-order chi connectivity index (χ1) is 9.30. The van der Waals surface area contributed by atoms with Gasteiger partial charge in [-0.2, -0.15) is 0 Å². The molecule has 0 spiro atoms. The zero-order chi connectivity index (χ0) is 14.9. The quantitative estimate of drug-likeness (QED) is 0.903. The summed E-state index contributed by atoms with van der Waals surface area (Å²) in [5.41, 5.74) is 7.95. The summed E-state index contributed by atoms with van der Waals surface area (Å²) in [6, 6.07) is 4.76. The highest BCUT2D eigenvalue weighted by Crippen LogP contribution is 2.32. The van der Waals surface area contributed by atoms with Crippen LogP contribution >= 0.6 is 27.5 Å². The molecule has 0 aliphatic heterocycles. The fourth-order valence-electron chi connectivity index (χ4n) is 2.00. The summed E-state index contributed by atoms with van der Waals surface area (Å²) in [5.74, 6) is -0.270. The number of nitrogens with two attached hydrogens (primary N) is 1. The number of halogens is 2. The highest BCUT2D eigenvalue weighted by Gasteiger charge is 2.26. The van der Waals surface area contributed by atoms with Crippen molar-refractivity contribution in [1.29, 1.82) is 0 Å². The van der Waals surface area contributed by atoms with E-state index in [1.165, 1.54) is 17.6 Å². The lowest BCUT2D eigenvalue weighted by atomic mass is 9.89. The topological polar surface area (TPSA) is 51.8 Å². The minimum Gasteiger partial charge on any atom is -0.323 e. The molecule has 6 heteroatoms. The third kappa shape index (κ3) is 3.24. The van der Waals surface area contributed by atoms with Gasteiger partial charge in [-0.05, 0) is 45.5 Å². The Bertz CT molecular complexity index is 607. The first kappa shape index (κ1) is 15.5. The third-order valence-corrected chi connectivity index (χ3v) is 4.78. The van der Waals surface area contributed by atoms with Gasteiger partial charge in [0.2, 0.25) is 0 Å². The molecule has 2 aromatic rings. The largest absolute Gasteiger partial charge is 0.323 e. The van der Waals surface area contributed by atoms with Crippen molar-refractivity contribution in [2.24, 2.45) is 5.73 Å². The van der Waals surface area contributed by atoms with Crippen LogP contribution in [0.15, 0.2) is 22.7 Å². The molecule has 1 atom stereocenters. The summed E-state index contributed by atoms with van der Waals surface area (Å²) in [5, 5.41) is 4.19. The Kier molecular flexibility index (Phi) is 4.56. The van der Waals surface area contributed by atoms with E-state index in [9.17, 15) is 4.39 Å². The van der Waals surface area contributed by atoms with E-state index in [-0.39, 0.29) is 17.3 Å². The molecule has 2 N–H and O–H groups in total. The van der Waals surface area contributed by atoms with E-state index < -0.39 is 0 Å². The summed E-state index contributed by atoms with van der Waals surface area (Å²) in [7, 11) is 0. The molecule has 0 fully saturated rings. The van der Waals surface area contributed by atoms with Crippen LogP contribution in [0.4, 0.5) is 4.39 Å². The molecule has 0 bridgehead atoms. The zero-order valence-electron chi connectivity index (χ0n) is 11.7. The molecule has 108 valence electrons. The smallest absolute Gasteiger partial charge is 0.137 e. The van der Waals surface area contributed by atoms with E-state index in [0.717, 1.165) is 16.1 Å². The molecule has 0 aliphatic carbocycles. The maximum absolute atomic E-state index is 13.5. The van der Waals surface area contributed by atoms with Crippen molar-refractivity contribution in [3.8, 4) is 0 Å². The van der Waals surface area contributed by atoms with Gasteiger partial charge in [0.15, 0.2) is 0 Å². The van der Waals surface area contributed by atoms with Crippen molar-refractivity contribution in [2.45, 2.75) is 38.6 Å². The van der Waals surface area contributed by atoms with E-state index in [0.29, 0.717) is 10.9 Å². The Morgan fingerprint density at radius 1 is 1.40 bits per heavy atom. The van der Waals surface area contributed by atoms with Crippen LogP contribution in [0.3, 0.4) is 0 Å². The van der Waals surface area contributed by atoms with Crippen LogP contribution < -0.4 is 5.73 Å². The maximum Gasteiger partial charge on any atom is 0.137 e. The molecule has 1 aromatic heterocycles. The van der Waals surface area contributed by atoms with Gasteiger partial charge in [-0.25, -0.2) is 4.39 Å². The Hall–Kier alpha value is -0.850. The standard InChI is InChI=1S/C14H17BrFN3S/c1-14(2,3)13-12(20-19-18-13)10(17)7-8-5-4-6-9(16)11(8)15/h4-6,10H,7,17H2,1-3H3. The van der Waals surface area contributed by atoms with E-state index in [4.69, 9.17) is 5.73 Å². The molecule has 0 aliphatic rings. The highest BCUT2D eigenvalue weighted by molar-refractivity contribution is 9.10. The summed E-state index contributed by atoms with van der Waals surface area (Å²) in [4.78, 5) is 0.966. The van der Waals surface area contributed by atoms with Crippen LogP contribution in [0.1, 0.15) is 42.9 Å². The van der Waals surface area contributed by atoms with Crippen molar-refractivity contribution in [2.75, 3.05) is 0 Å². The molecule has 1 aromatic carbocycles. The van der Waals surface area contributed by atoms with Gasteiger partial charge in [0.05, 0.1) is 15.0 Å². The van der Waals surface area contributed by atoms with E-state index in [1.807, 2.05) is 6.07 Å². The monoisotopic (exact) mass is 357 g/mol. The second kappa shape index (κ2) is 5.87. The van der Waals surface area contributed by atoms with Crippen molar-refractivity contribution < 1.29 is 4.39 Å². The highest BCUT2D eigenvalue weighted by atomic mass is 79.9. The number of aromatic nitrogens is 2. The molecule has 1 unspecified atom stereocenters. The van der Waals surface area contributed by atoms with Gasteiger partial charge in [-0.3, -0.25) is 0 Å². The average Bonchev–Trinajstić information content (AvgIpc) is 2.84. The van der Waals surface area contributed by atoms with Crippen molar-refractivity contribution in [1.82, 2.24) is 9.59 Å². The van der Waals surface area contributed by atoms with E-state index in [2.05, 4.69) is 46.3 Å². The Morgan fingerprint density at radius 3 is 2.75 bits per heavy atom. The van der Waals surface area contributed by atoms with Crippen LogP contribution in [-0.4, -0.2) is 9.59 Å². The predicted octanol–water partition coefficient (Wildman–Crippen LogP) is 3.98. The van der Waals surface area contributed by atoms with Gasteiger partial charge >= 0.3 is 0 Å². The lowest BCUT2D eigenvalue weighted by Crippen LogP contribution is -2.20. The SMILES string of the molecule is CC(C)(C)c1nnsc1C(N)Cc1cccc(F)c1Br. The van der Waals surface area contributed by atoms with Crippen LogP contribution in [0.5, 0.6) is 0 Å². The second-order valence-corrected chi connectivity index (χ2v) is 7.34. The Morgan fingerprint density at radius 2 is 2.10 bits per heavy atom. The molecule has 20 heavy (non-hydrogen) atoms. The molecular weight excluding hydrogens is 341 g/mol. The van der Waals surface area contributed by atoms with Gasteiger partial charge in [0.1, 0.15) is 5.82 Å². The van der Waals surface area contributed by atoms with Gasteiger partial charge in [-0.15, -0.1) is 5.10 Å². The van der Waals surface area contributed by atoms with Gasteiger partial charge in [-0.1, -0.05) is 37.4 Å². The Balaban J connectivity index is 2.27. The normalized spacial score (nSPS) is 13.5. The van der Waals surface area contributed by atoms with Crippen LogP contribution in [0.2, 0.25) is 0 Å². The number of rotatable bonds is 3. The van der Waals surface area contributed by atoms with Gasteiger partial charge in [0, 0.05) is 11.5 Å². The number of hydrogen-bond acceptors (Lipinski definition) is 4. The van der Waals surface area contributed by atoms with Crippen LogP contribution in [0, 0.1) is 5.82 Å². The summed E-state index contributed by atoms with van der Waals surface area (Å²) in [6.07, 6.45) is 0.547. The van der Waals surface area contributed by atoms with Crippen molar-refractivity contribution in [3.63, 3.8) is 0 Å². The van der Waals surface area contributed by atoms with E-state index >= 15 is 0 Å². The molecular formula is C14H17BrFN3S. The molecule has 1 heterocycles. The first-order valence-corrected chi connectivity index (χ1v) is 7.88. The van der Waals surface area contributed by atoms with Crippen molar-refractivity contribution in [3.05, 3.63) is 44.6 Å². The van der Waals surface area contributed by atoms with E-state index in [1.54, 1.807) is 6.07 Å². The predicted molar refractivity (Wildman–Crippen MR) is 83.3 cm³/mol. The average molecular weight is 358 g/mol. The molecule has 0 radical (unpaired) electrons. The molecule has 0 saturated carbocycles.